The molecule has 1 aliphatic rings. The van der Waals surface area contributed by atoms with Gasteiger partial charge >= 0.3 is 12.3 Å². The molecule has 0 aliphatic carbocycles. The fourth-order valence-corrected chi connectivity index (χ4v) is 3.62. The molecule has 1 aromatic heterocycles. The Morgan fingerprint density at radius 3 is 2.53 bits per heavy atom. The lowest BCUT2D eigenvalue weighted by Crippen LogP contribution is -2.45. The number of anilines is 1. The van der Waals surface area contributed by atoms with Gasteiger partial charge in [-0.2, -0.15) is 13.2 Å². The highest BCUT2D eigenvalue weighted by Gasteiger charge is 2.30. The normalized spacial score (nSPS) is 15.5. The molecule has 1 saturated heterocycles. The molecule has 0 unspecified atom stereocenters. The number of nitrogens with two attached hydrogens (primary N) is 1. The number of primary amides is 1. The molecule has 158 valence electrons. The predicted octanol–water partition coefficient (Wildman–Crippen LogP) is 4.23. The Bertz CT molecular complexity index is 1060. The molecule has 0 spiro atoms. The molecule has 6 nitrogen and oxygen atoms in total. The Hall–Kier alpha value is -3.20. The summed E-state index contributed by atoms with van der Waals surface area (Å²) < 4.78 is 48.9. The van der Waals surface area contributed by atoms with E-state index in [2.05, 4.69) is 9.80 Å². The average molecular weight is 419 g/mol. The molecule has 0 bridgehead atoms. The fraction of sp³-hybridized carbons (Fsp3) is 0.286. The molecule has 4 rings (SSSR count). The summed E-state index contributed by atoms with van der Waals surface area (Å²) >= 11 is 0. The monoisotopic (exact) mass is 419 g/mol. The summed E-state index contributed by atoms with van der Waals surface area (Å²) in [5, 5.41) is 0.787. The number of halogens is 3. The average Bonchev–Trinajstić information content (AvgIpc) is 3.09. The van der Waals surface area contributed by atoms with Crippen molar-refractivity contribution in [2.45, 2.75) is 12.7 Å². The van der Waals surface area contributed by atoms with Crippen LogP contribution in [0.25, 0.3) is 11.0 Å². The van der Waals surface area contributed by atoms with Crippen molar-refractivity contribution in [3.63, 3.8) is 0 Å². The number of furan rings is 1. The van der Waals surface area contributed by atoms with Crippen LogP contribution in [0.5, 0.6) is 5.95 Å². The van der Waals surface area contributed by atoms with Crippen LogP contribution in [0.4, 0.5) is 23.7 Å². The Morgan fingerprint density at radius 2 is 1.83 bits per heavy atom. The number of amides is 1. The third kappa shape index (κ3) is 4.51. The summed E-state index contributed by atoms with van der Waals surface area (Å²) in [6.07, 6.45) is -5.27. The van der Waals surface area contributed by atoms with E-state index in [1.807, 2.05) is 12.1 Å². The maximum absolute atomic E-state index is 12.9. The largest absolute Gasteiger partial charge is 0.425 e. The first-order chi connectivity index (χ1) is 14.3. The molecule has 0 atom stereocenters. The van der Waals surface area contributed by atoms with Gasteiger partial charge in [-0.15, -0.1) is 0 Å². The lowest BCUT2D eigenvalue weighted by Gasteiger charge is -2.36. The quantitative estimate of drug-likeness (QED) is 0.685. The third-order valence-electron chi connectivity index (χ3n) is 5.08. The minimum atomic E-state index is -4.33. The van der Waals surface area contributed by atoms with Gasteiger partial charge in [-0.1, -0.05) is 18.2 Å². The number of ether oxygens (including phenoxy) is 1. The van der Waals surface area contributed by atoms with Crippen LogP contribution in [0.1, 0.15) is 11.1 Å². The first-order valence-electron chi connectivity index (χ1n) is 9.42. The van der Waals surface area contributed by atoms with Gasteiger partial charge in [-0.05, 0) is 29.8 Å². The standard InChI is InChI=1S/C21H20F3N3O3/c22-21(23,24)16-3-1-2-14(10-16)13-26-6-8-27(9-7-26)17-4-5-18-15(11-17)12-19(29-18)30-20(25)28/h1-5,10-12H,6-9,13H2,(H2,25,28). The highest BCUT2D eigenvalue weighted by atomic mass is 19.4. The molecular weight excluding hydrogens is 399 g/mol. The smallest absolute Gasteiger partial charge is 0.416 e. The van der Waals surface area contributed by atoms with Crippen LogP contribution in [0, 0.1) is 0 Å². The highest BCUT2D eigenvalue weighted by Crippen LogP contribution is 2.31. The molecule has 0 radical (unpaired) electrons. The number of alkyl halides is 3. The first-order valence-corrected chi connectivity index (χ1v) is 9.42. The topological polar surface area (TPSA) is 71.9 Å². The summed E-state index contributed by atoms with van der Waals surface area (Å²) in [6.45, 7) is 3.43. The molecule has 9 heteroatoms. The maximum Gasteiger partial charge on any atom is 0.416 e. The van der Waals surface area contributed by atoms with Crippen LogP contribution in [0.15, 0.2) is 52.9 Å². The van der Waals surface area contributed by atoms with Gasteiger partial charge in [0, 0.05) is 49.9 Å². The van der Waals surface area contributed by atoms with Crippen LogP contribution >= 0.6 is 0 Å². The van der Waals surface area contributed by atoms with Gasteiger partial charge < -0.3 is 19.8 Å². The van der Waals surface area contributed by atoms with Gasteiger partial charge in [0.25, 0.3) is 5.95 Å². The lowest BCUT2D eigenvalue weighted by atomic mass is 10.1. The number of hydrogen-bond acceptors (Lipinski definition) is 5. The van der Waals surface area contributed by atoms with Crippen molar-refractivity contribution in [3.05, 3.63) is 59.7 Å². The number of carbonyl (C=O) groups is 1. The van der Waals surface area contributed by atoms with Crippen molar-refractivity contribution >= 4 is 22.7 Å². The van der Waals surface area contributed by atoms with Gasteiger partial charge in [-0.3, -0.25) is 4.90 Å². The van der Waals surface area contributed by atoms with Crippen LogP contribution in [0.3, 0.4) is 0 Å². The molecule has 1 fully saturated rings. The van der Waals surface area contributed by atoms with E-state index in [0.717, 1.165) is 43.3 Å². The molecule has 0 saturated carbocycles. The van der Waals surface area contributed by atoms with E-state index in [-0.39, 0.29) is 5.95 Å². The second-order valence-electron chi connectivity index (χ2n) is 7.17. The summed E-state index contributed by atoms with van der Waals surface area (Å²) in [4.78, 5) is 15.2. The first kappa shape index (κ1) is 20.1. The Balaban J connectivity index is 1.39. The summed E-state index contributed by atoms with van der Waals surface area (Å²) in [6, 6.07) is 12.7. The number of fused-ring (bicyclic) bond motifs is 1. The van der Waals surface area contributed by atoms with E-state index in [1.54, 1.807) is 18.2 Å². The summed E-state index contributed by atoms with van der Waals surface area (Å²) in [5.41, 5.74) is 6.61. The number of benzene rings is 2. The molecule has 2 N–H and O–H groups in total. The van der Waals surface area contributed by atoms with Gasteiger partial charge in [0.05, 0.1) is 5.56 Å². The van der Waals surface area contributed by atoms with Gasteiger partial charge in [0.1, 0.15) is 5.58 Å². The SMILES string of the molecule is NC(=O)Oc1cc2cc(N3CCN(Cc4cccc(C(F)(F)F)c4)CC3)ccc2o1. The molecule has 3 aromatic rings. The Morgan fingerprint density at radius 1 is 1.07 bits per heavy atom. The van der Waals surface area contributed by atoms with E-state index >= 15 is 0 Å². The molecule has 1 aliphatic heterocycles. The van der Waals surface area contributed by atoms with Crippen molar-refractivity contribution in [2.24, 2.45) is 5.73 Å². The van der Waals surface area contributed by atoms with E-state index in [4.69, 9.17) is 14.9 Å². The van der Waals surface area contributed by atoms with Crippen LogP contribution < -0.4 is 15.4 Å². The zero-order chi connectivity index (χ0) is 21.3. The van der Waals surface area contributed by atoms with Crippen molar-refractivity contribution in [1.82, 2.24) is 4.90 Å². The second-order valence-corrected chi connectivity index (χ2v) is 7.17. The lowest BCUT2D eigenvalue weighted by molar-refractivity contribution is -0.137. The maximum atomic E-state index is 12.9. The minimum Gasteiger partial charge on any atom is -0.425 e. The zero-order valence-electron chi connectivity index (χ0n) is 16.0. The number of nitrogens with zero attached hydrogens (tertiary/aromatic N) is 2. The van der Waals surface area contributed by atoms with E-state index < -0.39 is 17.8 Å². The Labute approximate surface area is 170 Å². The molecule has 30 heavy (non-hydrogen) atoms. The highest BCUT2D eigenvalue weighted by molar-refractivity contribution is 5.83. The molecule has 2 heterocycles. The number of hydrogen-bond donors (Lipinski definition) is 1. The third-order valence-corrected chi connectivity index (χ3v) is 5.08. The second kappa shape index (κ2) is 7.91. The van der Waals surface area contributed by atoms with Crippen LogP contribution in [0.2, 0.25) is 0 Å². The minimum absolute atomic E-state index is 0.0422. The van der Waals surface area contributed by atoms with Crippen molar-refractivity contribution in [3.8, 4) is 5.95 Å². The van der Waals surface area contributed by atoms with Gasteiger partial charge in [0.15, 0.2) is 0 Å². The fourth-order valence-electron chi connectivity index (χ4n) is 3.62. The zero-order valence-corrected chi connectivity index (χ0v) is 16.0. The summed E-state index contributed by atoms with van der Waals surface area (Å²) in [5.74, 6) is 0.0422. The summed E-state index contributed by atoms with van der Waals surface area (Å²) in [7, 11) is 0. The van der Waals surface area contributed by atoms with E-state index in [1.165, 1.54) is 12.1 Å². The van der Waals surface area contributed by atoms with Crippen molar-refractivity contribution < 1.29 is 27.1 Å². The number of carbonyl (C=O) groups excluding carboxylic acids is 1. The number of piperazine rings is 1. The Kier molecular flexibility index (Phi) is 5.29. The van der Waals surface area contributed by atoms with E-state index in [9.17, 15) is 18.0 Å². The number of rotatable bonds is 4. The van der Waals surface area contributed by atoms with Crippen LogP contribution in [-0.4, -0.2) is 37.2 Å². The molecule has 2 aromatic carbocycles. The predicted molar refractivity (Wildman–Crippen MR) is 105 cm³/mol. The van der Waals surface area contributed by atoms with Crippen molar-refractivity contribution in [1.29, 1.82) is 0 Å². The van der Waals surface area contributed by atoms with E-state index in [0.29, 0.717) is 17.7 Å². The molecule has 1 amide bonds. The van der Waals surface area contributed by atoms with Gasteiger partial charge in [-0.25, -0.2) is 4.79 Å². The molecular formula is C21H20F3N3O3. The van der Waals surface area contributed by atoms with Crippen molar-refractivity contribution in [2.75, 3.05) is 31.1 Å². The van der Waals surface area contributed by atoms with Crippen LogP contribution in [-0.2, 0) is 12.7 Å². The van der Waals surface area contributed by atoms with Gasteiger partial charge in [0.2, 0.25) is 0 Å².